The molecule has 178 valence electrons. The van der Waals surface area contributed by atoms with Crippen molar-refractivity contribution in [3.63, 3.8) is 0 Å². The predicted octanol–water partition coefficient (Wildman–Crippen LogP) is 8.69. The van der Waals surface area contributed by atoms with E-state index in [1.54, 1.807) is 6.07 Å². The van der Waals surface area contributed by atoms with E-state index >= 15 is 0 Å². The SMILES string of the molecule is CCCCCC1CCC(C2CCC(C#Cc3ccc(OCCCC)c(F)c3F)CC2)CC1. The summed E-state index contributed by atoms with van der Waals surface area (Å²) in [5.74, 6) is 7.38. The van der Waals surface area contributed by atoms with Gasteiger partial charge in [-0.15, -0.1) is 0 Å². The summed E-state index contributed by atoms with van der Waals surface area (Å²) in [6, 6.07) is 3.06. The number of rotatable bonds is 9. The zero-order valence-electron chi connectivity index (χ0n) is 20.2. The summed E-state index contributed by atoms with van der Waals surface area (Å²) in [7, 11) is 0. The van der Waals surface area contributed by atoms with Gasteiger partial charge in [-0.25, -0.2) is 4.39 Å². The second-order valence-electron chi connectivity index (χ2n) is 10.1. The monoisotopic (exact) mass is 444 g/mol. The van der Waals surface area contributed by atoms with Gasteiger partial charge in [-0.05, 0) is 74.8 Å². The van der Waals surface area contributed by atoms with Crippen LogP contribution in [0, 0.1) is 47.1 Å². The molecule has 0 bridgehead atoms. The van der Waals surface area contributed by atoms with Crippen LogP contribution in [0.4, 0.5) is 8.78 Å². The highest BCUT2D eigenvalue weighted by Gasteiger charge is 2.30. The first-order valence-electron chi connectivity index (χ1n) is 13.2. The van der Waals surface area contributed by atoms with E-state index < -0.39 is 11.6 Å². The standard InChI is InChI=1S/C29H42F2O/c1-3-5-7-8-22-9-14-24(15-10-22)25-16-11-23(12-17-25)13-18-26-19-20-27(29(31)28(26)30)32-21-6-4-2/h19-20,22-25H,3-12,14-17,21H2,1-2H3. The molecular weight excluding hydrogens is 402 g/mol. The van der Waals surface area contributed by atoms with Crippen molar-refractivity contribution in [1.29, 1.82) is 0 Å². The third-order valence-corrected chi connectivity index (χ3v) is 7.76. The molecule has 0 atom stereocenters. The maximum Gasteiger partial charge on any atom is 0.201 e. The second-order valence-corrected chi connectivity index (χ2v) is 10.1. The normalized spacial score (nSPS) is 25.8. The molecule has 0 N–H and O–H groups in total. The Kier molecular flexibility index (Phi) is 10.4. The van der Waals surface area contributed by atoms with E-state index in [1.165, 1.54) is 70.3 Å². The quantitative estimate of drug-likeness (QED) is 0.273. The summed E-state index contributed by atoms with van der Waals surface area (Å²) in [6.07, 6.45) is 17.7. The van der Waals surface area contributed by atoms with E-state index in [9.17, 15) is 8.78 Å². The van der Waals surface area contributed by atoms with Gasteiger partial charge in [-0.3, -0.25) is 0 Å². The number of ether oxygens (including phenoxy) is 1. The maximum atomic E-state index is 14.4. The van der Waals surface area contributed by atoms with Crippen molar-refractivity contribution in [1.82, 2.24) is 0 Å². The molecule has 0 unspecified atom stereocenters. The Labute approximate surface area is 194 Å². The van der Waals surface area contributed by atoms with E-state index in [2.05, 4.69) is 18.8 Å². The minimum Gasteiger partial charge on any atom is -0.490 e. The van der Waals surface area contributed by atoms with E-state index in [0.29, 0.717) is 12.5 Å². The first kappa shape index (κ1) is 25.1. The Balaban J connectivity index is 1.44. The molecule has 3 rings (SSSR count). The van der Waals surface area contributed by atoms with Gasteiger partial charge in [0.05, 0.1) is 12.2 Å². The fraction of sp³-hybridized carbons (Fsp3) is 0.724. The first-order chi connectivity index (χ1) is 15.6. The van der Waals surface area contributed by atoms with Crippen molar-refractivity contribution < 1.29 is 13.5 Å². The molecule has 2 aliphatic rings. The third-order valence-electron chi connectivity index (χ3n) is 7.76. The van der Waals surface area contributed by atoms with Crippen LogP contribution in [0.3, 0.4) is 0 Å². The molecule has 2 saturated carbocycles. The number of hydrogen-bond donors (Lipinski definition) is 0. The van der Waals surface area contributed by atoms with Crippen molar-refractivity contribution in [3.8, 4) is 17.6 Å². The number of benzene rings is 1. The average molecular weight is 445 g/mol. The summed E-state index contributed by atoms with van der Waals surface area (Å²) in [5, 5.41) is 0. The average Bonchev–Trinajstić information content (AvgIpc) is 2.82. The molecular formula is C29H42F2O. The molecule has 0 radical (unpaired) electrons. The molecule has 2 aliphatic carbocycles. The lowest BCUT2D eigenvalue weighted by Crippen LogP contribution is -2.25. The molecule has 1 aromatic carbocycles. The van der Waals surface area contributed by atoms with Gasteiger partial charge >= 0.3 is 0 Å². The van der Waals surface area contributed by atoms with Crippen LogP contribution in [-0.4, -0.2) is 6.61 Å². The van der Waals surface area contributed by atoms with Crippen LogP contribution in [0.1, 0.15) is 109 Å². The lowest BCUT2D eigenvalue weighted by molar-refractivity contribution is 0.153. The second kappa shape index (κ2) is 13.2. The first-order valence-corrected chi connectivity index (χ1v) is 13.2. The van der Waals surface area contributed by atoms with Gasteiger partial charge < -0.3 is 4.74 Å². The van der Waals surface area contributed by atoms with E-state index in [0.717, 1.165) is 43.4 Å². The molecule has 0 aromatic heterocycles. The van der Waals surface area contributed by atoms with Gasteiger partial charge in [-0.1, -0.05) is 70.6 Å². The Morgan fingerprint density at radius 3 is 2.12 bits per heavy atom. The van der Waals surface area contributed by atoms with Crippen LogP contribution in [0.2, 0.25) is 0 Å². The molecule has 1 nitrogen and oxygen atoms in total. The predicted molar refractivity (Wildman–Crippen MR) is 129 cm³/mol. The van der Waals surface area contributed by atoms with Gasteiger partial charge in [0, 0.05) is 5.92 Å². The van der Waals surface area contributed by atoms with Gasteiger partial charge in [0.1, 0.15) is 0 Å². The van der Waals surface area contributed by atoms with Crippen LogP contribution in [-0.2, 0) is 0 Å². The number of unbranched alkanes of at least 4 members (excludes halogenated alkanes) is 3. The summed E-state index contributed by atoms with van der Waals surface area (Å²) >= 11 is 0. The molecule has 3 heteroatoms. The maximum absolute atomic E-state index is 14.4. The van der Waals surface area contributed by atoms with E-state index in [4.69, 9.17) is 4.74 Å². The van der Waals surface area contributed by atoms with E-state index in [1.807, 2.05) is 6.92 Å². The lowest BCUT2D eigenvalue weighted by atomic mass is 9.69. The van der Waals surface area contributed by atoms with Gasteiger partial charge in [-0.2, -0.15) is 4.39 Å². The molecule has 0 amide bonds. The molecule has 0 heterocycles. The van der Waals surface area contributed by atoms with Crippen LogP contribution in [0.25, 0.3) is 0 Å². The Bertz CT molecular complexity index is 746. The van der Waals surface area contributed by atoms with Crippen LogP contribution < -0.4 is 4.74 Å². The number of hydrogen-bond acceptors (Lipinski definition) is 1. The Hall–Kier alpha value is -1.56. The number of halogens is 2. The molecule has 1 aromatic rings. The summed E-state index contributed by atoms with van der Waals surface area (Å²) in [6.45, 7) is 4.72. The van der Waals surface area contributed by atoms with Crippen molar-refractivity contribution >= 4 is 0 Å². The van der Waals surface area contributed by atoms with Crippen molar-refractivity contribution in [2.75, 3.05) is 6.61 Å². The van der Waals surface area contributed by atoms with Crippen molar-refractivity contribution in [3.05, 3.63) is 29.3 Å². The smallest absolute Gasteiger partial charge is 0.201 e. The topological polar surface area (TPSA) is 9.23 Å². The highest BCUT2D eigenvalue weighted by Crippen LogP contribution is 2.42. The molecule has 2 fully saturated rings. The zero-order valence-corrected chi connectivity index (χ0v) is 20.2. The van der Waals surface area contributed by atoms with Gasteiger partial charge in [0.25, 0.3) is 0 Å². The molecule has 0 saturated heterocycles. The Morgan fingerprint density at radius 2 is 1.47 bits per heavy atom. The Morgan fingerprint density at radius 1 is 0.812 bits per heavy atom. The van der Waals surface area contributed by atoms with Crippen LogP contribution >= 0.6 is 0 Å². The highest BCUT2D eigenvalue weighted by atomic mass is 19.2. The highest BCUT2D eigenvalue weighted by molar-refractivity contribution is 5.41. The molecule has 32 heavy (non-hydrogen) atoms. The fourth-order valence-electron chi connectivity index (χ4n) is 5.61. The van der Waals surface area contributed by atoms with Crippen LogP contribution in [0.5, 0.6) is 5.75 Å². The molecule has 0 spiro atoms. The summed E-state index contributed by atoms with van der Waals surface area (Å²) in [5.41, 5.74) is 0.147. The van der Waals surface area contributed by atoms with Gasteiger partial charge in [0.2, 0.25) is 5.82 Å². The van der Waals surface area contributed by atoms with Gasteiger partial charge in [0.15, 0.2) is 11.6 Å². The minimum absolute atomic E-state index is 0.0120. The minimum atomic E-state index is -0.915. The summed E-state index contributed by atoms with van der Waals surface area (Å²) < 4.78 is 34.0. The lowest BCUT2D eigenvalue weighted by Gasteiger charge is -2.37. The van der Waals surface area contributed by atoms with Crippen molar-refractivity contribution in [2.45, 2.75) is 104 Å². The zero-order chi connectivity index (χ0) is 22.8. The third kappa shape index (κ3) is 7.23. The largest absolute Gasteiger partial charge is 0.490 e. The summed E-state index contributed by atoms with van der Waals surface area (Å²) in [4.78, 5) is 0. The van der Waals surface area contributed by atoms with Crippen LogP contribution in [0.15, 0.2) is 12.1 Å². The van der Waals surface area contributed by atoms with Crippen molar-refractivity contribution in [2.24, 2.45) is 23.7 Å². The fourth-order valence-corrected chi connectivity index (χ4v) is 5.61. The molecule has 0 aliphatic heterocycles. The van der Waals surface area contributed by atoms with E-state index in [-0.39, 0.29) is 11.3 Å².